The van der Waals surface area contributed by atoms with E-state index in [0.29, 0.717) is 6.04 Å². The third-order valence-electron chi connectivity index (χ3n) is 2.66. The van der Waals surface area contributed by atoms with Crippen LogP contribution in [-0.4, -0.2) is 44.8 Å². The Hall–Kier alpha value is -0.120. The van der Waals surface area contributed by atoms with E-state index in [1.807, 2.05) is 0 Å². The molecule has 0 aromatic heterocycles. The largest absolute Gasteiger partial charge is 0.383 e. The number of methoxy groups -OCH3 is 1. The van der Waals surface area contributed by atoms with E-state index in [0.717, 1.165) is 32.0 Å². The van der Waals surface area contributed by atoms with Gasteiger partial charge in [0.2, 0.25) is 0 Å². The van der Waals surface area contributed by atoms with Crippen molar-refractivity contribution in [2.24, 2.45) is 11.7 Å². The monoisotopic (exact) mass is 202 g/mol. The van der Waals surface area contributed by atoms with Gasteiger partial charge in [-0.25, -0.2) is 0 Å². The SMILES string of the molecule is COCC(C)N(C)CC(C)CCCN. The molecule has 0 radical (unpaired) electrons. The van der Waals surface area contributed by atoms with E-state index in [2.05, 4.69) is 25.8 Å². The zero-order valence-corrected chi connectivity index (χ0v) is 10.1. The van der Waals surface area contributed by atoms with Gasteiger partial charge in [0.1, 0.15) is 0 Å². The molecule has 0 saturated heterocycles. The first-order chi connectivity index (χ1) is 6.61. The molecule has 0 bridgehead atoms. The quantitative estimate of drug-likeness (QED) is 0.645. The summed E-state index contributed by atoms with van der Waals surface area (Å²) in [6.07, 6.45) is 2.36. The first-order valence-corrected chi connectivity index (χ1v) is 5.51. The molecule has 0 aliphatic rings. The predicted molar refractivity (Wildman–Crippen MR) is 61.4 cm³/mol. The molecule has 0 aromatic rings. The fourth-order valence-corrected chi connectivity index (χ4v) is 1.60. The molecule has 0 rings (SSSR count). The molecule has 2 atom stereocenters. The maximum atomic E-state index is 5.48. The van der Waals surface area contributed by atoms with Crippen LogP contribution in [0.2, 0.25) is 0 Å². The van der Waals surface area contributed by atoms with Crippen LogP contribution >= 0.6 is 0 Å². The second kappa shape index (κ2) is 8.21. The molecule has 86 valence electrons. The normalized spacial score (nSPS) is 15.9. The molecule has 3 heteroatoms. The van der Waals surface area contributed by atoms with Gasteiger partial charge in [-0.05, 0) is 39.3 Å². The Balaban J connectivity index is 3.63. The minimum Gasteiger partial charge on any atom is -0.383 e. The summed E-state index contributed by atoms with van der Waals surface area (Å²) in [5, 5.41) is 0. The van der Waals surface area contributed by atoms with Crippen LogP contribution in [0.1, 0.15) is 26.7 Å². The summed E-state index contributed by atoms with van der Waals surface area (Å²) in [6.45, 7) is 7.22. The van der Waals surface area contributed by atoms with E-state index < -0.39 is 0 Å². The van der Waals surface area contributed by atoms with Gasteiger partial charge in [-0.3, -0.25) is 0 Å². The minimum absolute atomic E-state index is 0.500. The van der Waals surface area contributed by atoms with Crippen LogP contribution < -0.4 is 5.73 Å². The molecule has 3 nitrogen and oxygen atoms in total. The first-order valence-electron chi connectivity index (χ1n) is 5.51. The lowest BCUT2D eigenvalue weighted by atomic mass is 10.0. The molecule has 0 amide bonds. The first kappa shape index (κ1) is 13.9. The summed E-state index contributed by atoms with van der Waals surface area (Å²) < 4.78 is 5.13. The van der Waals surface area contributed by atoms with Crippen molar-refractivity contribution in [2.75, 3.05) is 33.9 Å². The number of hydrogen-bond acceptors (Lipinski definition) is 3. The van der Waals surface area contributed by atoms with E-state index in [9.17, 15) is 0 Å². The van der Waals surface area contributed by atoms with Gasteiger partial charge in [0.15, 0.2) is 0 Å². The van der Waals surface area contributed by atoms with Crippen molar-refractivity contribution in [2.45, 2.75) is 32.7 Å². The number of nitrogens with two attached hydrogens (primary N) is 1. The lowest BCUT2D eigenvalue weighted by molar-refractivity contribution is 0.106. The number of hydrogen-bond donors (Lipinski definition) is 1. The molecule has 14 heavy (non-hydrogen) atoms. The van der Waals surface area contributed by atoms with Gasteiger partial charge in [0.05, 0.1) is 6.61 Å². The highest BCUT2D eigenvalue weighted by atomic mass is 16.5. The van der Waals surface area contributed by atoms with Gasteiger partial charge in [-0.2, -0.15) is 0 Å². The predicted octanol–water partition coefficient (Wildman–Crippen LogP) is 1.33. The van der Waals surface area contributed by atoms with Gasteiger partial charge in [0, 0.05) is 19.7 Å². The van der Waals surface area contributed by atoms with Crippen LogP contribution in [-0.2, 0) is 4.74 Å². The smallest absolute Gasteiger partial charge is 0.0615 e. The molecule has 0 heterocycles. The average molecular weight is 202 g/mol. The summed E-state index contributed by atoms with van der Waals surface area (Å²) in [6, 6.07) is 0.500. The molecule has 2 N–H and O–H groups in total. The van der Waals surface area contributed by atoms with Crippen molar-refractivity contribution >= 4 is 0 Å². The summed E-state index contributed by atoms with van der Waals surface area (Å²) in [4.78, 5) is 2.35. The maximum Gasteiger partial charge on any atom is 0.0615 e. The zero-order chi connectivity index (χ0) is 11.0. The van der Waals surface area contributed by atoms with E-state index >= 15 is 0 Å². The molecule has 2 unspecified atom stereocenters. The van der Waals surface area contributed by atoms with Crippen LogP contribution in [0.5, 0.6) is 0 Å². The second-order valence-corrected chi connectivity index (χ2v) is 4.28. The summed E-state index contributed by atoms with van der Waals surface area (Å²) >= 11 is 0. The van der Waals surface area contributed by atoms with E-state index in [1.54, 1.807) is 7.11 Å². The molecular weight excluding hydrogens is 176 g/mol. The molecule has 0 aliphatic carbocycles. The standard InChI is InChI=1S/C11H26N2O/c1-10(6-5-7-12)8-13(3)11(2)9-14-4/h10-11H,5-9,12H2,1-4H3. The fraction of sp³-hybridized carbons (Fsp3) is 1.00. The number of ether oxygens (including phenoxy) is 1. The van der Waals surface area contributed by atoms with Crippen molar-refractivity contribution in [3.8, 4) is 0 Å². The third-order valence-corrected chi connectivity index (χ3v) is 2.66. The lowest BCUT2D eigenvalue weighted by Gasteiger charge is -2.27. The van der Waals surface area contributed by atoms with Crippen molar-refractivity contribution in [1.82, 2.24) is 4.90 Å². The summed E-state index contributed by atoms with van der Waals surface area (Å²) in [7, 11) is 3.91. The minimum atomic E-state index is 0.500. The van der Waals surface area contributed by atoms with Gasteiger partial charge in [-0.15, -0.1) is 0 Å². The van der Waals surface area contributed by atoms with Crippen molar-refractivity contribution < 1.29 is 4.74 Å². The highest BCUT2D eigenvalue weighted by Gasteiger charge is 2.11. The second-order valence-electron chi connectivity index (χ2n) is 4.28. The van der Waals surface area contributed by atoms with E-state index in [4.69, 9.17) is 10.5 Å². The maximum absolute atomic E-state index is 5.48. The van der Waals surface area contributed by atoms with Crippen LogP contribution in [0.25, 0.3) is 0 Å². The fourth-order valence-electron chi connectivity index (χ4n) is 1.60. The summed E-state index contributed by atoms with van der Waals surface area (Å²) in [5.41, 5.74) is 5.48. The van der Waals surface area contributed by atoms with Crippen LogP contribution in [0.3, 0.4) is 0 Å². The Morgan fingerprint density at radius 2 is 2.00 bits per heavy atom. The molecule has 0 aliphatic heterocycles. The number of nitrogens with zero attached hydrogens (tertiary/aromatic N) is 1. The molecule has 0 saturated carbocycles. The van der Waals surface area contributed by atoms with Crippen LogP contribution in [0.4, 0.5) is 0 Å². The Bertz CT molecular complexity index is 130. The van der Waals surface area contributed by atoms with Gasteiger partial charge in [-0.1, -0.05) is 6.92 Å². The Morgan fingerprint density at radius 1 is 1.36 bits per heavy atom. The Labute approximate surface area is 88.6 Å². The van der Waals surface area contributed by atoms with Gasteiger partial charge < -0.3 is 15.4 Å². The van der Waals surface area contributed by atoms with E-state index in [-0.39, 0.29) is 0 Å². The van der Waals surface area contributed by atoms with Crippen molar-refractivity contribution in [3.63, 3.8) is 0 Å². The third kappa shape index (κ3) is 6.35. The van der Waals surface area contributed by atoms with Crippen LogP contribution in [0, 0.1) is 5.92 Å². The van der Waals surface area contributed by atoms with Crippen LogP contribution in [0.15, 0.2) is 0 Å². The average Bonchev–Trinajstić information content (AvgIpc) is 2.15. The Kier molecular flexibility index (Phi) is 8.14. The van der Waals surface area contributed by atoms with Gasteiger partial charge >= 0.3 is 0 Å². The van der Waals surface area contributed by atoms with Crippen molar-refractivity contribution in [1.29, 1.82) is 0 Å². The topological polar surface area (TPSA) is 38.5 Å². The molecule has 0 fully saturated rings. The highest BCUT2D eigenvalue weighted by molar-refractivity contribution is 4.65. The highest BCUT2D eigenvalue weighted by Crippen LogP contribution is 2.08. The summed E-state index contributed by atoms with van der Waals surface area (Å²) in [5.74, 6) is 0.725. The van der Waals surface area contributed by atoms with Crippen molar-refractivity contribution in [3.05, 3.63) is 0 Å². The van der Waals surface area contributed by atoms with Gasteiger partial charge in [0.25, 0.3) is 0 Å². The number of likely N-dealkylation sites (N-methyl/N-ethyl adjacent to an activating group) is 1. The zero-order valence-electron chi connectivity index (χ0n) is 10.1. The Morgan fingerprint density at radius 3 is 2.50 bits per heavy atom. The number of rotatable bonds is 8. The molecule has 0 spiro atoms. The lowest BCUT2D eigenvalue weighted by Crippen LogP contribution is -2.35. The van der Waals surface area contributed by atoms with E-state index in [1.165, 1.54) is 6.42 Å². The molecular formula is C11H26N2O. The molecule has 0 aromatic carbocycles.